The summed E-state index contributed by atoms with van der Waals surface area (Å²) in [6.07, 6.45) is 3.31. The Morgan fingerprint density at radius 2 is 2.00 bits per heavy atom. The van der Waals surface area contributed by atoms with E-state index < -0.39 is 0 Å². The highest BCUT2D eigenvalue weighted by atomic mass is 16.5. The molecule has 0 aliphatic rings. The van der Waals surface area contributed by atoms with Crippen LogP contribution in [-0.2, 0) is 9.53 Å². The van der Waals surface area contributed by atoms with E-state index >= 15 is 0 Å². The van der Waals surface area contributed by atoms with Crippen LogP contribution in [0, 0.1) is 0 Å². The summed E-state index contributed by atoms with van der Waals surface area (Å²) in [6.45, 7) is 3.07. The third-order valence-electron chi connectivity index (χ3n) is 1.19. The Labute approximate surface area is 74.2 Å². The van der Waals surface area contributed by atoms with Crippen molar-refractivity contribution in [1.29, 1.82) is 0 Å². The average Bonchev–Trinajstić information content (AvgIpc) is 1.84. The minimum atomic E-state index is -0.258. The number of ether oxygens (including phenoxy) is 1. The van der Waals surface area contributed by atoms with E-state index in [1.165, 1.54) is 6.08 Å². The lowest BCUT2D eigenvalue weighted by atomic mass is 10.4. The molecule has 70 valence electrons. The largest absolute Gasteiger partial charge is 0.463 e. The number of hydrogen-bond donors (Lipinski definition) is 0. The lowest BCUT2D eigenvalue weighted by molar-refractivity contribution is -0.864. The summed E-state index contributed by atoms with van der Waals surface area (Å²) in [7, 11) is 6.19. The van der Waals surface area contributed by atoms with Gasteiger partial charge in [0.15, 0.2) is 0 Å². The van der Waals surface area contributed by atoms with Crippen LogP contribution in [0.1, 0.15) is 6.92 Å². The van der Waals surface area contributed by atoms with Crippen LogP contribution in [0.2, 0.25) is 0 Å². The zero-order chi connectivity index (χ0) is 9.61. The quantitative estimate of drug-likeness (QED) is 0.356. The lowest BCUT2D eigenvalue weighted by Gasteiger charge is -2.21. The molecule has 0 rings (SSSR count). The highest BCUT2D eigenvalue weighted by molar-refractivity contribution is 5.81. The second kappa shape index (κ2) is 4.93. The fraction of sp³-hybridized carbons (Fsp3) is 0.667. The molecule has 0 fully saturated rings. The standard InChI is InChI=1S/C9H18NO2/c1-5-12-9(11)7-6-8-10(2,3)4/h6-7H,5,8H2,1-4H3/q+1/b7-6+. The molecule has 0 saturated heterocycles. The first kappa shape index (κ1) is 11.2. The van der Waals surface area contributed by atoms with Gasteiger partial charge in [-0.25, -0.2) is 4.79 Å². The van der Waals surface area contributed by atoms with E-state index in [1.54, 1.807) is 6.92 Å². The Morgan fingerprint density at radius 1 is 1.42 bits per heavy atom. The van der Waals surface area contributed by atoms with Crippen molar-refractivity contribution in [2.75, 3.05) is 34.3 Å². The van der Waals surface area contributed by atoms with Gasteiger partial charge in [-0.05, 0) is 13.0 Å². The normalized spacial score (nSPS) is 12.0. The third kappa shape index (κ3) is 7.28. The third-order valence-corrected chi connectivity index (χ3v) is 1.19. The lowest BCUT2D eigenvalue weighted by Crippen LogP contribution is -2.34. The Balaban J connectivity index is 3.69. The Morgan fingerprint density at radius 3 is 2.42 bits per heavy atom. The van der Waals surface area contributed by atoms with Crippen molar-refractivity contribution in [3.05, 3.63) is 12.2 Å². The molecule has 0 saturated carbocycles. The predicted molar refractivity (Wildman–Crippen MR) is 48.7 cm³/mol. The highest BCUT2D eigenvalue weighted by Gasteiger charge is 2.02. The molecule has 0 heterocycles. The van der Waals surface area contributed by atoms with E-state index in [9.17, 15) is 4.79 Å². The molecule has 0 spiro atoms. The Kier molecular flexibility index (Phi) is 4.59. The molecule has 0 atom stereocenters. The second-order valence-electron chi connectivity index (χ2n) is 3.63. The maximum absolute atomic E-state index is 10.8. The summed E-state index contributed by atoms with van der Waals surface area (Å²) in [5, 5.41) is 0. The fourth-order valence-corrected chi connectivity index (χ4v) is 0.656. The maximum atomic E-state index is 10.8. The molecule has 0 radical (unpaired) electrons. The van der Waals surface area contributed by atoms with Gasteiger partial charge in [0.25, 0.3) is 0 Å². The van der Waals surface area contributed by atoms with Gasteiger partial charge in [0.05, 0.1) is 34.3 Å². The first-order valence-corrected chi connectivity index (χ1v) is 4.09. The Bertz CT molecular complexity index is 168. The van der Waals surface area contributed by atoms with Gasteiger partial charge in [0.2, 0.25) is 0 Å². The Hall–Kier alpha value is -0.830. The van der Waals surface area contributed by atoms with E-state index in [1.807, 2.05) is 6.08 Å². The van der Waals surface area contributed by atoms with Crippen LogP contribution in [0.25, 0.3) is 0 Å². The van der Waals surface area contributed by atoms with Gasteiger partial charge in [0, 0.05) is 6.08 Å². The minimum Gasteiger partial charge on any atom is -0.463 e. The topological polar surface area (TPSA) is 26.3 Å². The first-order chi connectivity index (χ1) is 5.45. The van der Waals surface area contributed by atoms with Crippen LogP contribution < -0.4 is 0 Å². The molecule has 0 aromatic heterocycles. The second-order valence-corrected chi connectivity index (χ2v) is 3.63. The van der Waals surface area contributed by atoms with Crippen LogP contribution >= 0.6 is 0 Å². The first-order valence-electron chi connectivity index (χ1n) is 4.09. The molecule has 0 unspecified atom stereocenters. The van der Waals surface area contributed by atoms with Crippen molar-refractivity contribution in [3.8, 4) is 0 Å². The number of carbonyl (C=O) groups excluding carboxylic acids is 1. The monoisotopic (exact) mass is 172 g/mol. The fourth-order valence-electron chi connectivity index (χ4n) is 0.656. The van der Waals surface area contributed by atoms with Crippen molar-refractivity contribution in [3.63, 3.8) is 0 Å². The van der Waals surface area contributed by atoms with Crippen molar-refractivity contribution >= 4 is 5.97 Å². The van der Waals surface area contributed by atoms with Gasteiger partial charge in [-0.1, -0.05) is 0 Å². The van der Waals surface area contributed by atoms with Gasteiger partial charge in [0.1, 0.15) is 0 Å². The van der Waals surface area contributed by atoms with Crippen molar-refractivity contribution in [2.24, 2.45) is 0 Å². The SMILES string of the molecule is CCOC(=O)/C=C/C[N+](C)(C)C. The van der Waals surface area contributed by atoms with Crippen molar-refractivity contribution in [2.45, 2.75) is 6.92 Å². The molecule has 3 heteroatoms. The average molecular weight is 172 g/mol. The predicted octanol–water partition coefficient (Wildman–Crippen LogP) is 0.812. The minimum absolute atomic E-state index is 0.258. The van der Waals surface area contributed by atoms with Crippen LogP contribution in [0.3, 0.4) is 0 Å². The summed E-state index contributed by atoms with van der Waals surface area (Å²) < 4.78 is 5.54. The van der Waals surface area contributed by atoms with Crippen molar-refractivity contribution < 1.29 is 14.0 Å². The number of nitrogens with zero attached hydrogens (tertiary/aromatic N) is 1. The van der Waals surface area contributed by atoms with E-state index in [0.717, 1.165) is 11.0 Å². The summed E-state index contributed by atoms with van der Waals surface area (Å²) in [6, 6.07) is 0. The van der Waals surface area contributed by atoms with Gasteiger partial charge in [-0.2, -0.15) is 0 Å². The molecular formula is C9H18NO2+. The van der Waals surface area contributed by atoms with E-state index in [2.05, 4.69) is 21.1 Å². The van der Waals surface area contributed by atoms with Crippen LogP contribution in [-0.4, -0.2) is 44.7 Å². The summed E-state index contributed by atoms with van der Waals surface area (Å²) in [5.41, 5.74) is 0. The smallest absolute Gasteiger partial charge is 0.330 e. The van der Waals surface area contributed by atoms with Gasteiger partial charge < -0.3 is 9.22 Å². The van der Waals surface area contributed by atoms with E-state index in [0.29, 0.717) is 6.61 Å². The number of likely N-dealkylation sites (N-methyl/N-ethyl adjacent to an activating group) is 1. The molecule has 0 amide bonds. The molecule has 0 N–H and O–H groups in total. The molecule has 3 nitrogen and oxygen atoms in total. The van der Waals surface area contributed by atoms with Crippen LogP contribution in [0.5, 0.6) is 0 Å². The highest BCUT2D eigenvalue weighted by Crippen LogP contribution is 1.90. The van der Waals surface area contributed by atoms with Crippen LogP contribution in [0.15, 0.2) is 12.2 Å². The van der Waals surface area contributed by atoms with Gasteiger partial charge >= 0.3 is 5.97 Å². The van der Waals surface area contributed by atoms with Gasteiger partial charge in [-0.3, -0.25) is 0 Å². The number of esters is 1. The molecule has 0 aliphatic carbocycles. The summed E-state index contributed by atoms with van der Waals surface area (Å²) in [4.78, 5) is 10.8. The van der Waals surface area contributed by atoms with Crippen molar-refractivity contribution in [1.82, 2.24) is 0 Å². The molecular weight excluding hydrogens is 154 g/mol. The summed E-state index contributed by atoms with van der Waals surface area (Å²) in [5.74, 6) is -0.258. The summed E-state index contributed by atoms with van der Waals surface area (Å²) >= 11 is 0. The van der Waals surface area contributed by atoms with Gasteiger partial charge in [-0.15, -0.1) is 0 Å². The molecule has 0 aromatic rings. The molecule has 0 aliphatic heterocycles. The molecule has 0 aromatic carbocycles. The van der Waals surface area contributed by atoms with Crippen LogP contribution in [0.4, 0.5) is 0 Å². The van der Waals surface area contributed by atoms with E-state index in [4.69, 9.17) is 4.74 Å². The maximum Gasteiger partial charge on any atom is 0.330 e. The number of hydrogen-bond acceptors (Lipinski definition) is 2. The zero-order valence-corrected chi connectivity index (χ0v) is 8.33. The number of carbonyl (C=O) groups is 1. The zero-order valence-electron chi connectivity index (χ0n) is 8.33. The molecule has 12 heavy (non-hydrogen) atoms. The van der Waals surface area contributed by atoms with E-state index in [-0.39, 0.29) is 5.97 Å². The number of quaternary nitrogens is 1. The molecule has 0 bridgehead atoms. The number of rotatable bonds is 4.